The van der Waals surface area contributed by atoms with Crippen LogP contribution in [0.3, 0.4) is 0 Å². The van der Waals surface area contributed by atoms with E-state index in [1.165, 1.54) is 0 Å². The van der Waals surface area contributed by atoms with Crippen LogP contribution in [0.1, 0.15) is 20.1 Å². The summed E-state index contributed by atoms with van der Waals surface area (Å²) < 4.78 is 6.53. The maximum absolute atomic E-state index is 12.0. The van der Waals surface area contributed by atoms with Crippen molar-refractivity contribution in [2.75, 3.05) is 5.73 Å². The van der Waals surface area contributed by atoms with Crippen molar-refractivity contribution < 1.29 is 29.6 Å². The zero-order chi connectivity index (χ0) is 19.4. The van der Waals surface area contributed by atoms with E-state index in [4.69, 9.17) is 10.5 Å². The molecule has 1 aliphatic rings. The van der Waals surface area contributed by atoms with Gasteiger partial charge in [-0.1, -0.05) is 0 Å². The second kappa shape index (κ2) is 5.95. The molecule has 12 nitrogen and oxygen atoms in total. The van der Waals surface area contributed by atoms with Gasteiger partial charge in [0.25, 0.3) is 5.56 Å². The van der Waals surface area contributed by atoms with Crippen LogP contribution in [0.4, 0.5) is 5.95 Å². The predicted octanol–water partition coefficient (Wildman–Crippen LogP) is -2.77. The molecule has 0 unspecified atom stereocenters. The van der Waals surface area contributed by atoms with Crippen molar-refractivity contribution in [1.29, 1.82) is 0 Å². The highest BCUT2D eigenvalue weighted by Crippen LogP contribution is 2.40. The van der Waals surface area contributed by atoms with Gasteiger partial charge in [0.2, 0.25) is 5.95 Å². The number of hydrogen-bond donors (Lipinski definition) is 5. The first-order valence-corrected chi connectivity index (χ1v) is 7.56. The smallest absolute Gasteiger partial charge is 0.280 e. The molecule has 26 heavy (non-hydrogen) atoms. The van der Waals surface area contributed by atoms with E-state index in [9.17, 15) is 29.7 Å². The first-order chi connectivity index (χ1) is 12.1. The first kappa shape index (κ1) is 18.1. The van der Waals surface area contributed by atoms with Gasteiger partial charge in [-0.05, 0) is 13.8 Å². The Labute approximate surface area is 145 Å². The van der Waals surface area contributed by atoms with Crippen LogP contribution < -0.4 is 11.3 Å². The number of rotatable bonds is 4. The Kier molecular flexibility index (Phi) is 4.15. The SMILES string of the molecule is CC(=O)[C@H](O)[C@@H]1O[C@H](n2cnc3c(=O)[nH]c(N)nc32)[C@@H](O)[C@]1(O)C(C)=O. The number of imidazole rings is 1. The lowest BCUT2D eigenvalue weighted by atomic mass is 9.84. The van der Waals surface area contributed by atoms with Crippen molar-refractivity contribution >= 4 is 28.7 Å². The minimum atomic E-state index is -2.56. The third kappa shape index (κ3) is 2.42. The van der Waals surface area contributed by atoms with E-state index < -0.39 is 47.3 Å². The van der Waals surface area contributed by atoms with Gasteiger partial charge in [-0.2, -0.15) is 4.98 Å². The summed E-state index contributed by atoms with van der Waals surface area (Å²) in [5.74, 6) is -1.90. The van der Waals surface area contributed by atoms with E-state index in [1.54, 1.807) is 0 Å². The molecular formula is C14H17N5O7. The maximum atomic E-state index is 12.0. The molecule has 0 aromatic carbocycles. The lowest BCUT2D eigenvalue weighted by molar-refractivity contribution is -0.162. The molecule has 0 aliphatic carbocycles. The zero-order valence-electron chi connectivity index (χ0n) is 13.8. The molecule has 5 atom stereocenters. The van der Waals surface area contributed by atoms with Gasteiger partial charge in [0.15, 0.2) is 34.6 Å². The Balaban J connectivity index is 2.14. The van der Waals surface area contributed by atoms with Crippen molar-refractivity contribution in [3.63, 3.8) is 0 Å². The van der Waals surface area contributed by atoms with Crippen molar-refractivity contribution in [2.45, 2.75) is 44.0 Å². The van der Waals surface area contributed by atoms with Crippen LogP contribution in [0, 0.1) is 0 Å². The normalized spacial score (nSPS) is 29.8. The summed E-state index contributed by atoms with van der Waals surface area (Å²) in [6.07, 6.45) is -5.82. The molecule has 0 amide bonds. The summed E-state index contributed by atoms with van der Waals surface area (Å²) in [6.45, 7) is 2.03. The summed E-state index contributed by atoms with van der Waals surface area (Å²) in [4.78, 5) is 45.4. The van der Waals surface area contributed by atoms with Gasteiger partial charge in [-0.15, -0.1) is 0 Å². The number of aliphatic hydroxyl groups excluding tert-OH is 2. The lowest BCUT2D eigenvalue weighted by Crippen LogP contribution is -2.58. The van der Waals surface area contributed by atoms with Crippen LogP contribution >= 0.6 is 0 Å². The fourth-order valence-electron chi connectivity index (χ4n) is 3.00. The number of ketones is 2. The standard InChI is InChI=1S/C14H17N5O7/c1-4(20)7(22)9-14(25,5(2)21)8(23)12(26-9)19-3-16-6-10(19)17-13(15)18-11(6)24/h3,7-9,12,22-23,25H,1-2H3,(H3,15,17,18,24)/t7-,8+,9-,12-,14+/m0/s1. The Hall–Kier alpha value is -2.67. The number of carbonyl (C=O) groups excluding carboxylic acids is 2. The first-order valence-electron chi connectivity index (χ1n) is 7.56. The Morgan fingerprint density at radius 3 is 2.69 bits per heavy atom. The number of aliphatic hydroxyl groups is 3. The molecule has 12 heteroatoms. The molecule has 1 aliphatic heterocycles. The van der Waals surface area contributed by atoms with E-state index in [-0.39, 0.29) is 17.1 Å². The van der Waals surface area contributed by atoms with Gasteiger partial charge in [0.05, 0.1) is 6.33 Å². The third-order valence-corrected chi connectivity index (χ3v) is 4.43. The average Bonchev–Trinajstić information content (AvgIpc) is 3.08. The van der Waals surface area contributed by atoms with Crippen LogP contribution in [0.2, 0.25) is 0 Å². The second-order valence-corrected chi connectivity index (χ2v) is 6.10. The molecule has 0 radical (unpaired) electrons. The largest absolute Gasteiger partial charge is 0.385 e. The monoisotopic (exact) mass is 367 g/mol. The summed E-state index contributed by atoms with van der Waals surface area (Å²) in [5.41, 5.74) is 2.12. The average molecular weight is 367 g/mol. The minimum absolute atomic E-state index is 0.0702. The number of aromatic amines is 1. The molecular weight excluding hydrogens is 350 g/mol. The number of aromatic nitrogens is 4. The zero-order valence-corrected chi connectivity index (χ0v) is 13.8. The number of carbonyl (C=O) groups is 2. The highest BCUT2D eigenvalue weighted by molar-refractivity contribution is 5.89. The Morgan fingerprint density at radius 2 is 2.12 bits per heavy atom. The number of H-pyrrole nitrogens is 1. The van der Waals surface area contributed by atoms with Gasteiger partial charge >= 0.3 is 0 Å². The van der Waals surface area contributed by atoms with E-state index in [1.807, 2.05) is 0 Å². The fraction of sp³-hybridized carbons (Fsp3) is 0.500. The molecule has 3 rings (SSSR count). The number of fused-ring (bicyclic) bond motifs is 1. The number of anilines is 1. The lowest BCUT2D eigenvalue weighted by Gasteiger charge is -2.29. The molecule has 3 heterocycles. The topological polar surface area (TPSA) is 194 Å². The van der Waals surface area contributed by atoms with Crippen molar-refractivity contribution in [2.24, 2.45) is 0 Å². The Morgan fingerprint density at radius 1 is 1.46 bits per heavy atom. The van der Waals surface area contributed by atoms with Crippen molar-refractivity contribution in [1.82, 2.24) is 19.5 Å². The number of nitrogens with zero attached hydrogens (tertiary/aromatic N) is 3. The van der Waals surface area contributed by atoms with Gasteiger partial charge < -0.3 is 25.8 Å². The molecule has 6 N–H and O–H groups in total. The number of nitrogens with two attached hydrogens (primary N) is 1. The number of nitrogens with one attached hydrogen (secondary N) is 1. The molecule has 0 spiro atoms. The van der Waals surface area contributed by atoms with Gasteiger partial charge in [0, 0.05) is 0 Å². The molecule has 1 fully saturated rings. The highest BCUT2D eigenvalue weighted by Gasteiger charge is 2.62. The van der Waals surface area contributed by atoms with Crippen molar-refractivity contribution in [3.05, 3.63) is 16.7 Å². The van der Waals surface area contributed by atoms with Crippen LogP contribution in [0.25, 0.3) is 11.2 Å². The number of Topliss-reactive ketones (excluding diaryl/α,β-unsaturated/α-hetero) is 2. The summed E-state index contributed by atoms with van der Waals surface area (Å²) in [5, 5.41) is 31.3. The van der Waals surface area contributed by atoms with E-state index in [2.05, 4.69) is 15.0 Å². The second-order valence-electron chi connectivity index (χ2n) is 6.10. The van der Waals surface area contributed by atoms with Crippen LogP contribution in [-0.4, -0.2) is 70.3 Å². The third-order valence-electron chi connectivity index (χ3n) is 4.43. The van der Waals surface area contributed by atoms with Crippen LogP contribution in [0.15, 0.2) is 11.1 Å². The quantitative estimate of drug-likeness (QED) is 0.377. The van der Waals surface area contributed by atoms with E-state index in [0.717, 1.165) is 24.7 Å². The number of ether oxygens (including phenoxy) is 1. The van der Waals surface area contributed by atoms with Gasteiger partial charge in [-0.3, -0.25) is 23.9 Å². The highest BCUT2D eigenvalue weighted by atomic mass is 16.6. The van der Waals surface area contributed by atoms with Gasteiger partial charge in [-0.25, -0.2) is 4.98 Å². The number of hydrogen-bond acceptors (Lipinski definition) is 10. The molecule has 2 aromatic heterocycles. The summed E-state index contributed by atoms with van der Waals surface area (Å²) >= 11 is 0. The van der Waals surface area contributed by atoms with Gasteiger partial charge in [0.1, 0.15) is 18.3 Å². The molecule has 1 saturated heterocycles. The van der Waals surface area contributed by atoms with Crippen LogP contribution in [-0.2, 0) is 14.3 Å². The molecule has 0 bridgehead atoms. The number of nitrogen functional groups attached to an aromatic ring is 1. The molecule has 2 aromatic rings. The summed E-state index contributed by atoms with van der Waals surface area (Å²) in [7, 11) is 0. The summed E-state index contributed by atoms with van der Waals surface area (Å²) in [6, 6.07) is 0. The predicted molar refractivity (Wildman–Crippen MR) is 84.8 cm³/mol. The molecule has 140 valence electrons. The fourth-order valence-corrected chi connectivity index (χ4v) is 3.00. The van der Waals surface area contributed by atoms with E-state index >= 15 is 0 Å². The van der Waals surface area contributed by atoms with Crippen molar-refractivity contribution in [3.8, 4) is 0 Å². The minimum Gasteiger partial charge on any atom is -0.385 e. The Bertz CT molecular complexity index is 953. The van der Waals surface area contributed by atoms with Crippen LogP contribution in [0.5, 0.6) is 0 Å². The molecule has 0 saturated carbocycles. The maximum Gasteiger partial charge on any atom is 0.280 e. The van der Waals surface area contributed by atoms with E-state index in [0.29, 0.717) is 0 Å².